The number of nitrogens with one attached hydrogen (secondary N) is 1. The molecule has 0 radical (unpaired) electrons. The number of benzene rings is 2. The first-order valence-electron chi connectivity index (χ1n) is 10.4. The van der Waals surface area contributed by atoms with Gasteiger partial charge in [0.2, 0.25) is 0 Å². The number of halogens is 1. The third kappa shape index (κ3) is 4.91. The standard InChI is InChI=1S/C24H25BrN2O5/c1-15(2)24(12-11-17-5-3-4-6-20(17)21(29)30)22(31)27(23(32)26-24)14-19(28)13-16-7-9-18(25)10-8-16/h3-10,15H,11-14H2,1-2H3,(H,26,32)(H,29,30). The van der Waals surface area contributed by atoms with Gasteiger partial charge in [0, 0.05) is 10.9 Å². The molecule has 168 valence electrons. The van der Waals surface area contributed by atoms with Crippen LogP contribution in [0.15, 0.2) is 53.0 Å². The Morgan fingerprint density at radius 2 is 1.75 bits per heavy atom. The number of imide groups is 1. The summed E-state index contributed by atoms with van der Waals surface area (Å²) in [6.45, 7) is 3.35. The van der Waals surface area contributed by atoms with E-state index in [9.17, 15) is 24.3 Å². The SMILES string of the molecule is CC(C)C1(CCc2ccccc2C(=O)O)NC(=O)N(CC(=O)Cc2ccc(Br)cc2)C1=O. The molecule has 1 fully saturated rings. The van der Waals surface area contributed by atoms with Gasteiger partial charge >= 0.3 is 12.0 Å². The molecule has 1 aliphatic rings. The van der Waals surface area contributed by atoms with Crippen molar-refractivity contribution in [3.05, 3.63) is 69.7 Å². The van der Waals surface area contributed by atoms with Crippen LogP contribution in [0.3, 0.4) is 0 Å². The number of Topliss-reactive ketones (excluding diaryl/α,β-unsaturated/α-hetero) is 1. The Labute approximate surface area is 194 Å². The third-order valence-corrected chi connectivity index (χ3v) is 6.40. The van der Waals surface area contributed by atoms with E-state index < -0.39 is 23.4 Å². The molecule has 1 aliphatic heterocycles. The summed E-state index contributed by atoms with van der Waals surface area (Å²) in [5.74, 6) is -1.98. The van der Waals surface area contributed by atoms with E-state index in [4.69, 9.17) is 0 Å². The zero-order valence-electron chi connectivity index (χ0n) is 17.9. The van der Waals surface area contributed by atoms with Crippen molar-refractivity contribution in [3.63, 3.8) is 0 Å². The van der Waals surface area contributed by atoms with Gasteiger partial charge in [-0.15, -0.1) is 0 Å². The van der Waals surface area contributed by atoms with Gasteiger partial charge in [0.15, 0.2) is 5.78 Å². The van der Waals surface area contributed by atoms with Crippen molar-refractivity contribution in [1.29, 1.82) is 0 Å². The van der Waals surface area contributed by atoms with Crippen LogP contribution in [0.2, 0.25) is 0 Å². The summed E-state index contributed by atoms with van der Waals surface area (Å²) >= 11 is 3.34. The Bertz CT molecular complexity index is 1050. The molecule has 1 saturated heterocycles. The van der Waals surface area contributed by atoms with E-state index in [0.717, 1.165) is 14.9 Å². The molecular weight excluding hydrogens is 476 g/mol. The summed E-state index contributed by atoms with van der Waals surface area (Å²) < 4.78 is 0.897. The average Bonchev–Trinajstić information content (AvgIpc) is 2.99. The molecule has 1 atom stereocenters. The molecule has 8 heteroatoms. The van der Waals surface area contributed by atoms with Gasteiger partial charge < -0.3 is 10.4 Å². The Morgan fingerprint density at radius 3 is 2.38 bits per heavy atom. The van der Waals surface area contributed by atoms with Gasteiger partial charge in [0.1, 0.15) is 5.54 Å². The van der Waals surface area contributed by atoms with Crippen molar-refractivity contribution in [3.8, 4) is 0 Å². The number of carboxylic acids is 1. The number of hydrogen-bond acceptors (Lipinski definition) is 4. The lowest BCUT2D eigenvalue weighted by atomic mass is 9.80. The normalized spacial score (nSPS) is 18.2. The largest absolute Gasteiger partial charge is 0.478 e. The van der Waals surface area contributed by atoms with Gasteiger partial charge in [-0.05, 0) is 48.1 Å². The molecule has 7 nitrogen and oxygen atoms in total. The van der Waals surface area contributed by atoms with E-state index in [1.165, 1.54) is 6.07 Å². The van der Waals surface area contributed by atoms with E-state index in [0.29, 0.717) is 12.0 Å². The summed E-state index contributed by atoms with van der Waals surface area (Å²) in [5.41, 5.74) is 0.364. The number of urea groups is 1. The van der Waals surface area contributed by atoms with E-state index in [1.54, 1.807) is 18.2 Å². The lowest BCUT2D eigenvalue weighted by molar-refractivity contribution is -0.135. The van der Waals surface area contributed by atoms with Crippen molar-refractivity contribution in [2.24, 2.45) is 5.92 Å². The fourth-order valence-electron chi connectivity index (χ4n) is 3.98. The maximum absolute atomic E-state index is 13.3. The number of nitrogens with zero attached hydrogens (tertiary/aromatic N) is 1. The number of rotatable bonds is 9. The molecule has 1 unspecified atom stereocenters. The molecule has 2 aromatic rings. The number of aryl methyl sites for hydroxylation is 1. The minimum Gasteiger partial charge on any atom is -0.478 e. The minimum absolute atomic E-state index is 0.116. The smallest absolute Gasteiger partial charge is 0.335 e. The van der Waals surface area contributed by atoms with E-state index in [-0.39, 0.29) is 36.7 Å². The minimum atomic E-state index is -1.19. The second-order valence-corrected chi connectivity index (χ2v) is 9.17. The topological polar surface area (TPSA) is 104 Å². The molecule has 2 aromatic carbocycles. The number of carbonyl (C=O) groups is 4. The van der Waals surface area contributed by atoms with Gasteiger partial charge in [-0.2, -0.15) is 0 Å². The highest BCUT2D eigenvalue weighted by atomic mass is 79.9. The average molecular weight is 501 g/mol. The monoisotopic (exact) mass is 500 g/mol. The van der Waals surface area contributed by atoms with Crippen LogP contribution >= 0.6 is 15.9 Å². The molecule has 0 aliphatic carbocycles. The first-order chi connectivity index (χ1) is 15.1. The molecular formula is C24H25BrN2O5. The molecule has 32 heavy (non-hydrogen) atoms. The molecule has 3 rings (SSSR count). The number of amides is 3. The van der Waals surface area contributed by atoms with E-state index >= 15 is 0 Å². The number of carboxylic acid groups (broad SMARTS) is 1. The van der Waals surface area contributed by atoms with Crippen LogP contribution in [0.25, 0.3) is 0 Å². The number of aromatic carboxylic acids is 1. The first-order valence-corrected chi connectivity index (χ1v) is 11.1. The fourth-order valence-corrected chi connectivity index (χ4v) is 4.24. The molecule has 2 N–H and O–H groups in total. The molecule has 1 heterocycles. The maximum atomic E-state index is 13.3. The quantitative estimate of drug-likeness (QED) is 0.509. The molecule has 0 bridgehead atoms. The predicted octanol–water partition coefficient (Wildman–Crippen LogP) is 3.84. The van der Waals surface area contributed by atoms with Crippen molar-refractivity contribution in [1.82, 2.24) is 10.2 Å². The number of hydrogen-bond donors (Lipinski definition) is 2. The van der Waals surface area contributed by atoms with Crippen LogP contribution in [0, 0.1) is 5.92 Å². The Hall–Kier alpha value is -3.00. The van der Waals surface area contributed by atoms with Crippen LogP contribution in [-0.4, -0.2) is 45.8 Å². The van der Waals surface area contributed by atoms with Crippen LogP contribution in [0.4, 0.5) is 4.79 Å². The number of carbonyl (C=O) groups excluding carboxylic acids is 3. The zero-order chi connectivity index (χ0) is 23.5. The van der Waals surface area contributed by atoms with Crippen LogP contribution in [0.1, 0.15) is 41.8 Å². The van der Waals surface area contributed by atoms with Crippen molar-refractivity contribution < 1.29 is 24.3 Å². The summed E-state index contributed by atoms with van der Waals surface area (Å²) in [7, 11) is 0. The Kier molecular flexibility index (Phi) is 7.13. The van der Waals surface area contributed by atoms with Crippen molar-refractivity contribution >= 4 is 39.6 Å². The van der Waals surface area contributed by atoms with Gasteiger partial charge in [-0.25, -0.2) is 9.59 Å². The maximum Gasteiger partial charge on any atom is 0.335 e. The summed E-state index contributed by atoms with van der Waals surface area (Å²) in [6.07, 6.45) is 0.648. The molecule has 3 amide bonds. The summed E-state index contributed by atoms with van der Waals surface area (Å²) in [6, 6.07) is 13.3. The van der Waals surface area contributed by atoms with Crippen molar-refractivity contribution in [2.45, 2.75) is 38.6 Å². The Morgan fingerprint density at radius 1 is 1.09 bits per heavy atom. The molecule has 0 saturated carbocycles. The number of ketones is 1. The van der Waals surface area contributed by atoms with E-state index in [2.05, 4.69) is 21.2 Å². The van der Waals surface area contributed by atoms with E-state index in [1.807, 2.05) is 38.1 Å². The third-order valence-electron chi connectivity index (χ3n) is 5.87. The van der Waals surface area contributed by atoms with Gasteiger partial charge in [0.05, 0.1) is 12.1 Å². The molecule has 0 spiro atoms. The zero-order valence-corrected chi connectivity index (χ0v) is 19.5. The highest BCUT2D eigenvalue weighted by molar-refractivity contribution is 9.10. The highest BCUT2D eigenvalue weighted by Gasteiger charge is 2.53. The predicted molar refractivity (Wildman–Crippen MR) is 122 cm³/mol. The fraction of sp³-hybridized carbons (Fsp3) is 0.333. The Balaban J connectivity index is 1.75. The second-order valence-electron chi connectivity index (χ2n) is 8.25. The first kappa shape index (κ1) is 23.7. The van der Waals surface area contributed by atoms with Gasteiger partial charge in [0.25, 0.3) is 5.91 Å². The molecule has 0 aromatic heterocycles. The lowest BCUT2D eigenvalue weighted by Crippen LogP contribution is -2.52. The summed E-state index contributed by atoms with van der Waals surface area (Å²) in [4.78, 5) is 51.0. The van der Waals surface area contributed by atoms with Crippen LogP contribution < -0.4 is 5.32 Å². The lowest BCUT2D eigenvalue weighted by Gasteiger charge is -2.31. The highest BCUT2D eigenvalue weighted by Crippen LogP contribution is 2.31. The summed E-state index contributed by atoms with van der Waals surface area (Å²) in [5, 5.41) is 12.2. The second kappa shape index (κ2) is 9.65. The van der Waals surface area contributed by atoms with Crippen LogP contribution in [-0.2, 0) is 22.4 Å². The van der Waals surface area contributed by atoms with Crippen LogP contribution in [0.5, 0.6) is 0 Å². The van der Waals surface area contributed by atoms with Crippen molar-refractivity contribution in [2.75, 3.05) is 6.54 Å². The van der Waals surface area contributed by atoms with Gasteiger partial charge in [-0.1, -0.05) is 60.1 Å². The van der Waals surface area contributed by atoms with Gasteiger partial charge in [-0.3, -0.25) is 14.5 Å².